The highest BCUT2D eigenvalue weighted by atomic mass is 32.1. The third-order valence-electron chi connectivity index (χ3n) is 5.21. The van der Waals surface area contributed by atoms with E-state index in [1.807, 2.05) is 13.0 Å². The molecular formula is C23H29N3O2S. The van der Waals surface area contributed by atoms with Crippen molar-refractivity contribution in [2.24, 2.45) is 0 Å². The normalized spacial score (nSPS) is 14.4. The van der Waals surface area contributed by atoms with Gasteiger partial charge in [-0.25, -0.2) is 4.79 Å². The first-order valence-electron chi connectivity index (χ1n) is 10.2. The van der Waals surface area contributed by atoms with Gasteiger partial charge in [-0.05, 0) is 81.2 Å². The predicted molar refractivity (Wildman–Crippen MR) is 123 cm³/mol. The standard InChI is InChI=1S/C23H29N3O2S/c1-4-28-22(27)19-8-7-16(2)21(15-19)25-23(29)24-17(3)18-9-11-20(12-10-18)26-13-5-6-14-26/h7-12,15,17H,4-6,13-14H2,1-3H3,(H2,24,25,29). The van der Waals surface area contributed by atoms with Crippen LogP contribution in [-0.4, -0.2) is 30.8 Å². The molecule has 1 fully saturated rings. The SMILES string of the molecule is CCOC(=O)c1ccc(C)c(NC(=S)NC(C)c2ccc(N3CCCC3)cc2)c1. The van der Waals surface area contributed by atoms with Crippen molar-refractivity contribution in [3.8, 4) is 0 Å². The maximum atomic E-state index is 12.0. The van der Waals surface area contributed by atoms with Crippen molar-refractivity contribution in [3.63, 3.8) is 0 Å². The fourth-order valence-electron chi connectivity index (χ4n) is 3.49. The van der Waals surface area contributed by atoms with Crippen LogP contribution in [0.1, 0.15) is 54.2 Å². The molecule has 1 aliphatic heterocycles. The van der Waals surface area contributed by atoms with Gasteiger partial charge in [0.25, 0.3) is 0 Å². The molecule has 29 heavy (non-hydrogen) atoms. The summed E-state index contributed by atoms with van der Waals surface area (Å²) in [7, 11) is 0. The molecule has 6 heteroatoms. The van der Waals surface area contributed by atoms with Crippen molar-refractivity contribution in [1.82, 2.24) is 5.32 Å². The second-order valence-electron chi connectivity index (χ2n) is 7.36. The Labute approximate surface area is 178 Å². The zero-order valence-electron chi connectivity index (χ0n) is 17.3. The molecule has 0 aliphatic carbocycles. The van der Waals surface area contributed by atoms with Crippen LogP contribution in [0.25, 0.3) is 0 Å². The van der Waals surface area contributed by atoms with Gasteiger partial charge >= 0.3 is 5.97 Å². The average molecular weight is 412 g/mol. The van der Waals surface area contributed by atoms with Gasteiger partial charge in [0.05, 0.1) is 18.2 Å². The zero-order chi connectivity index (χ0) is 20.8. The Balaban J connectivity index is 1.61. The molecule has 2 aromatic carbocycles. The molecule has 0 bridgehead atoms. The van der Waals surface area contributed by atoms with E-state index in [0.29, 0.717) is 17.3 Å². The van der Waals surface area contributed by atoms with Crippen LogP contribution in [-0.2, 0) is 4.74 Å². The summed E-state index contributed by atoms with van der Waals surface area (Å²) >= 11 is 5.50. The number of aryl methyl sites for hydroxylation is 1. The van der Waals surface area contributed by atoms with Crippen LogP contribution in [0.3, 0.4) is 0 Å². The molecule has 3 rings (SSSR count). The lowest BCUT2D eigenvalue weighted by Crippen LogP contribution is -2.31. The highest BCUT2D eigenvalue weighted by Gasteiger charge is 2.14. The van der Waals surface area contributed by atoms with Crippen LogP contribution < -0.4 is 15.5 Å². The molecule has 0 saturated carbocycles. The molecule has 154 valence electrons. The van der Waals surface area contributed by atoms with Gasteiger partial charge in [-0.1, -0.05) is 18.2 Å². The maximum absolute atomic E-state index is 12.0. The summed E-state index contributed by atoms with van der Waals surface area (Å²) in [5.41, 5.74) is 4.77. The van der Waals surface area contributed by atoms with Gasteiger partial charge < -0.3 is 20.3 Å². The number of nitrogens with one attached hydrogen (secondary N) is 2. The first kappa shape index (κ1) is 21.1. The average Bonchev–Trinajstić information content (AvgIpc) is 3.24. The Morgan fingerprint density at radius 1 is 1.17 bits per heavy atom. The Kier molecular flexibility index (Phi) is 7.09. The fourth-order valence-corrected chi connectivity index (χ4v) is 3.77. The summed E-state index contributed by atoms with van der Waals surface area (Å²) in [6, 6.07) is 14.2. The van der Waals surface area contributed by atoms with Crippen molar-refractivity contribution in [1.29, 1.82) is 0 Å². The summed E-state index contributed by atoms with van der Waals surface area (Å²) < 4.78 is 5.08. The van der Waals surface area contributed by atoms with Gasteiger partial charge in [0, 0.05) is 24.5 Å². The van der Waals surface area contributed by atoms with Gasteiger partial charge in [-0.3, -0.25) is 0 Å². The van der Waals surface area contributed by atoms with Crippen molar-refractivity contribution in [2.45, 2.75) is 39.7 Å². The number of hydrogen-bond acceptors (Lipinski definition) is 4. The Hall–Kier alpha value is -2.60. The highest BCUT2D eigenvalue weighted by molar-refractivity contribution is 7.80. The van der Waals surface area contributed by atoms with Crippen LogP contribution in [0, 0.1) is 6.92 Å². The third-order valence-corrected chi connectivity index (χ3v) is 5.43. The van der Waals surface area contributed by atoms with Crippen molar-refractivity contribution in [3.05, 3.63) is 59.2 Å². The van der Waals surface area contributed by atoms with Gasteiger partial charge in [-0.15, -0.1) is 0 Å². The number of anilines is 2. The van der Waals surface area contributed by atoms with Gasteiger partial charge in [-0.2, -0.15) is 0 Å². The Morgan fingerprint density at radius 2 is 1.86 bits per heavy atom. The van der Waals surface area contributed by atoms with E-state index in [0.717, 1.165) is 24.3 Å². The lowest BCUT2D eigenvalue weighted by atomic mass is 10.1. The molecule has 1 heterocycles. The second kappa shape index (κ2) is 9.74. The van der Waals surface area contributed by atoms with Gasteiger partial charge in [0.1, 0.15) is 0 Å². The van der Waals surface area contributed by atoms with E-state index < -0.39 is 0 Å². The number of carbonyl (C=O) groups is 1. The minimum atomic E-state index is -0.333. The van der Waals surface area contributed by atoms with Crippen LogP contribution in [0.15, 0.2) is 42.5 Å². The van der Waals surface area contributed by atoms with E-state index in [1.165, 1.54) is 24.1 Å². The lowest BCUT2D eigenvalue weighted by Gasteiger charge is -2.21. The Morgan fingerprint density at radius 3 is 2.52 bits per heavy atom. The van der Waals surface area contributed by atoms with E-state index in [9.17, 15) is 4.79 Å². The molecule has 1 unspecified atom stereocenters. The number of esters is 1. The molecule has 1 atom stereocenters. The molecule has 0 amide bonds. The van der Waals surface area contributed by atoms with Crippen molar-refractivity contribution >= 4 is 34.7 Å². The smallest absolute Gasteiger partial charge is 0.338 e. The second-order valence-corrected chi connectivity index (χ2v) is 7.76. The first-order chi connectivity index (χ1) is 14.0. The molecular weight excluding hydrogens is 382 g/mol. The van der Waals surface area contributed by atoms with Crippen LogP contribution in [0.4, 0.5) is 11.4 Å². The van der Waals surface area contributed by atoms with Crippen LogP contribution in [0.5, 0.6) is 0 Å². The lowest BCUT2D eigenvalue weighted by molar-refractivity contribution is 0.0526. The maximum Gasteiger partial charge on any atom is 0.338 e. The number of benzene rings is 2. The summed E-state index contributed by atoms with van der Waals surface area (Å²) in [5, 5.41) is 7.05. The van der Waals surface area contributed by atoms with E-state index >= 15 is 0 Å². The quantitative estimate of drug-likeness (QED) is 0.525. The number of rotatable bonds is 6. The van der Waals surface area contributed by atoms with Crippen molar-refractivity contribution in [2.75, 3.05) is 29.9 Å². The summed E-state index contributed by atoms with van der Waals surface area (Å²) in [6.07, 6.45) is 2.55. The van der Waals surface area contributed by atoms with E-state index in [-0.39, 0.29) is 12.0 Å². The van der Waals surface area contributed by atoms with E-state index in [1.54, 1.807) is 19.1 Å². The van der Waals surface area contributed by atoms with Crippen LogP contribution in [0.2, 0.25) is 0 Å². The molecule has 0 aromatic heterocycles. The minimum Gasteiger partial charge on any atom is -0.462 e. The summed E-state index contributed by atoms with van der Waals surface area (Å²) in [5.74, 6) is -0.333. The first-order valence-corrected chi connectivity index (χ1v) is 10.6. The van der Waals surface area contributed by atoms with E-state index in [2.05, 4.69) is 46.7 Å². The number of ether oxygens (including phenoxy) is 1. The minimum absolute atomic E-state index is 0.0659. The number of nitrogens with zero attached hydrogens (tertiary/aromatic N) is 1. The predicted octanol–water partition coefficient (Wildman–Crippen LogP) is 4.82. The molecule has 0 radical (unpaired) electrons. The van der Waals surface area contributed by atoms with Crippen LogP contribution >= 0.6 is 12.2 Å². The van der Waals surface area contributed by atoms with Gasteiger partial charge in [0.15, 0.2) is 5.11 Å². The molecule has 0 spiro atoms. The van der Waals surface area contributed by atoms with Gasteiger partial charge in [0.2, 0.25) is 0 Å². The topological polar surface area (TPSA) is 53.6 Å². The summed E-state index contributed by atoms with van der Waals surface area (Å²) in [6.45, 7) is 8.49. The fraction of sp³-hybridized carbons (Fsp3) is 0.391. The zero-order valence-corrected chi connectivity index (χ0v) is 18.1. The van der Waals surface area contributed by atoms with E-state index in [4.69, 9.17) is 17.0 Å². The largest absolute Gasteiger partial charge is 0.462 e. The third kappa shape index (κ3) is 5.48. The molecule has 1 aliphatic rings. The Bertz CT molecular complexity index is 861. The highest BCUT2D eigenvalue weighted by Crippen LogP contribution is 2.23. The number of carbonyl (C=O) groups excluding carboxylic acids is 1. The summed E-state index contributed by atoms with van der Waals surface area (Å²) in [4.78, 5) is 14.4. The van der Waals surface area contributed by atoms with Crippen molar-refractivity contribution < 1.29 is 9.53 Å². The molecule has 1 saturated heterocycles. The number of hydrogen-bond donors (Lipinski definition) is 2. The number of thiocarbonyl (C=S) groups is 1. The monoisotopic (exact) mass is 411 g/mol. The molecule has 2 N–H and O–H groups in total. The molecule has 2 aromatic rings. The molecule has 5 nitrogen and oxygen atoms in total.